The van der Waals surface area contributed by atoms with Crippen LogP contribution in [0.1, 0.15) is 31.2 Å². The first-order chi connectivity index (χ1) is 9.61. The first kappa shape index (κ1) is 15.2. The Labute approximate surface area is 120 Å². The third kappa shape index (κ3) is 4.44. The van der Waals surface area contributed by atoms with Crippen LogP contribution in [0.15, 0.2) is 35.7 Å². The maximum Gasteiger partial charge on any atom is 0.233 e. The molecule has 1 fully saturated rings. The van der Waals surface area contributed by atoms with Gasteiger partial charge in [0.05, 0.1) is 0 Å². The third-order valence-electron chi connectivity index (χ3n) is 3.70. The average Bonchev–Trinajstić information content (AvgIpc) is 2.47. The highest BCUT2D eigenvalue weighted by Crippen LogP contribution is 2.24. The molecular weight excluding hydrogens is 274 g/mol. The lowest BCUT2D eigenvalue weighted by Crippen LogP contribution is -2.42. The molecule has 5 heteroatoms. The number of nitrogens with one attached hydrogen (secondary N) is 1. The first-order valence-corrected chi connectivity index (χ1v) is 8.52. The molecule has 1 aromatic rings. The van der Waals surface area contributed by atoms with Crippen LogP contribution < -0.4 is 4.72 Å². The number of aliphatic hydroxyl groups excluding tert-OH is 1. The summed E-state index contributed by atoms with van der Waals surface area (Å²) in [6, 6.07) is 9.16. The van der Waals surface area contributed by atoms with Crippen molar-refractivity contribution in [1.82, 2.24) is 4.72 Å². The van der Waals surface area contributed by atoms with E-state index in [1.54, 1.807) is 6.08 Å². The molecule has 2 unspecified atom stereocenters. The highest BCUT2D eigenvalue weighted by atomic mass is 32.2. The predicted octanol–water partition coefficient (Wildman–Crippen LogP) is 2.13. The first-order valence-electron chi connectivity index (χ1n) is 6.97. The van der Waals surface area contributed by atoms with Gasteiger partial charge in [0.1, 0.15) is 0 Å². The van der Waals surface area contributed by atoms with Crippen molar-refractivity contribution in [3.05, 3.63) is 41.3 Å². The van der Waals surface area contributed by atoms with Crippen LogP contribution in [-0.2, 0) is 10.0 Å². The number of hydrogen-bond donors (Lipinski definition) is 2. The van der Waals surface area contributed by atoms with E-state index in [-0.39, 0.29) is 18.6 Å². The summed E-state index contributed by atoms with van der Waals surface area (Å²) in [6.45, 7) is 0.0373. The topological polar surface area (TPSA) is 66.4 Å². The van der Waals surface area contributed by atoms with Crippen molar-refractivity contribution in [3.63, 3.8) is 0 Å². The van der Waals surface area contributed by atoms with Gasteiger partial charge >= 0.3 is 0 Å². The molecule has 1 aliphatic rings. The van der Waals surface area contributed by atoms with Crippen LogP contribution in [0.5, 0.6) is 0 Å². The fraction of sp³-hybridized carbons (Fsp3) is 0.467. The Morgan fingerprint density at radius 2 is 1.90 bits per heavy atom. The van der Waals surface area contributed by atoms with E-state index in [1.807, 2.05) is 30.3 Å². The molecule has 0 aromatic heterocycles. The molecule has 0 aliphatic heterocycles. The van der Waals surface area contributed by atoms with Gasteiger partial charge in [0.2, 0.25) is 10.0 Å². The number of sulfonamides is 1. The van der Waals surface area contributed by atoms with Crippen LogP contribution in [0.25, 0.3) is 6.08 Å². The van der Waals surface area contributed by atoms with Crippen molar-refractivity contribution in [2.45, 2.75) is 31.7 Å². The Hall–Kier alpha value is -1.17. The smallest absolute Gasteiger partial charge is 0.233 e. The fourth-order valence-corrected chi connectivity index (χ4v) is 3.71. The van der Waals surface area contributed by atoms with Crippen LogP contribution in [0, 0.1) is 5.92 Å². The second-order valence-electron chi connectivity index (χ2n) is 5.21. The lowest BCUT2D eigenvalue weighted by molar-refractivity contribution is 0.164. The van der Waals surface area contributed by atoms with E-state index in [0.717, 1.165) is 31.2 Å². The summed E-state index contributed by atoms with van der Waals surface area (Å²) < 4.78 is 26.8. The highest BCUT2D eigenvalue weighted by molar-refractivity contribution is 7.92. The van der Waals surface area contributed by atoms with Crippen LogP contribution in [0.4, 0.5) is 0 Å². The second kappa shape index (κ2) is 7.02. The zero-order valence-corrected chi connectivity index (χ0v) is 12.2. The van der Waals surface area contributed by atoms with Crippen molar-refractivity contribution in [3.8, 4) is 0 Å². The summed E-state index contributed by atoms with van der Waals surface area (Å²) in [5, 5.41) is 10.5. The molecule has 4 nitrogen and oxygen atoms in total. The van der Waals surface area contributed by atoms with Crippen molar-refractivity contribution in [2.75, 3.05) is 6.61 Å². The Kier molecular flexibility index (Phi) is 5.34. The SMILES string of the molecule is O=S(=O)(/C=C/c1ccccc1)NC1CCCCC1CO. The van der Waals surface area contributed by atoms with Crippen LogP contribution >= 0.6 is 0 Å². The molecule has 1 aromatic carbocycles. The molecule has 2 atom stereocenters. The molecule has 0 radical (unpaired) electrons. The molecule has 2 N–H and O–H groups in total. The normalized spacial score (nSPS) is 24.1. The maximum atomic E-state index is 12.1. The number of benzene rings is 1. The third-order valence-corrected chi connectivity index (χ3v) is 4.82. The lowest BCUT2D eigenvalue weighted by Gasteiger charge is -2.30. The van der Waals surface area contributed by atoms with E-state index in [9.17, 15) is 13.5 Å². The van der Waals surface area contributed by atoms with E-state index in [4.69, 9.17) is 0 Å². The van der Waals surface area contributed by atoms with Gasteiger partial charge in [0, 0.05) is 18.1 Å². The molecular formula is C15H21NO3S. The molecule has 110 valence electrons. The van der Waals surface area contributed by atoms with Crippen molar-refractivity contribution >= 4 is 16.1 Å². The molecule has 20 heavy (non-hydrogen) atoms. The molecule has 0 heterocycles. The molecule has 0 amide bonds. The number of aliphatic hydroxyl groups is 1. The van der Waals surface area contributed by atoms with Gasteiger partial charge < -0.3 is 5.11 Å². The fourth-order valence-electron chi connectivity index (χ4n) is 2.56. The van der Waals surface area contributed by atoms with Crippen molar-refractivity contribution in [2.24, 2.45) is 5.92 Å². The van der Waals surface area contributed by atoms with Gasteiger partial charge in [0.25, 0.3) is 0 Å². The molecule has 1 saturated carbocycles. The molecule has 0 saturated heterocycles. The van der Waals surface area contributed by atoms with Gasteiger partial charge in [-0.25, -0.2) is 13.1 Å². The van der Waals surface area contributed by atoms with E-state index < -0.39 is 10.0 Å². The second-order valence-corrected chi connectivity index (χ2v) is 6.81. The summed E-state index contributed by atoms with van der Waals surface area (Å²) in [7, 11) is -3.46. The average molecular weight is 295 g/mol. The van der Waals surface area contributed by atoms with E-state index >= 15 is 0 Å². The minimum Gasteiger partial charge on any atom is -0.396 e. The summed E-state index contributed by atoms with van der Waals surface area (Å²) in [4.78, 5) is 0. The van der Waals surface area contributed by atoms with E-state index in [2.05, 4.69) is 4.72 Å². The summed E-state index contributed by atoms with van der Waals surface area (Å²) >= 11 is 0. The minimum absolute atomic E-state index is 0.0312. The lowest BCUT2D eigenvalue weighted by atomic mass is 9.86. The Morgan fingerprint density at radius 3 is 2.60 bits per heavy atom. The maximum absolute atomic E-state index is 12.1. The minimum atomic E-state index is -3.46. The van der Waals surface area contributed by atoms with Gasteiger partial charge in [-0.15, -0.1) is 0 Å². The van der Waals surface area contributed by atoms with Gasteiger partial charge in [-0.1, -0.05) is 43.2 Å². The van der Waals surface area contributed by atoms with E-state index in [0.29, 0.717) is 0 Å². The van der Waals surface area contributed by atoms with Crippen LogP contribution in [0.3, 0.4) is 0 Å². The highest BCUT2D eigenvalue weighted by Gasteiger charge is 2.27. The summed E-state index contributed by atoms with van der Waals surface area (Å²) in [6.07, 6.45) is 5.32. The summed E-state index contributed by atoms with van der Waals surface area (Å²) in [5.74, 6) is 0.0312. The quantitative estimate of drug-likeness (QED) is 0.874. The molecule has 2 rings (SSSR count). The number of hydrogen-bond acceptors (Lipinski definition) is 3. The van der Waals surface area contributed by atoms with Crippen molar-refractivity contribution < 1.29 is 13.5 Å². The van der Waals surface area contributed by atoms with Gasteiger partial charge in [-0.3, -0.25) is 0 Å². The Morgan fingerprint density at radius 1 is 1.20 bits per heavy atom. The monoisotopic (exact) mass is 295 g/mol. The zero-order chi connectivity index (χ0) is 14.4. The van der Waals surface area contributed by atoms with Crippen LogP contribution in [-0.4, -0.2) is 26.2 Å². The Balaban J connectivity index is 2.01. The largest absolute Gasteiger partial charge is 0.396 e. The van der Waals surface area contributed by atoms with Gasteiger partial charge in [-0.2, -0.15) is 0 Å². The van der Waals surface area contributed by atoms with Crippen molar-refractivity contribution in [1.29, 1.82) is 0 Å². The zero-order valence-electron chi connectivity index (χ0n) is 11.4. The molecule has 0 spiro atoms. The number of rotatable bonds is 5. The summed E-state index contributed by atoms with van der Waals surface area (Å²) in [5.41, 5.74) is 0.847. The Bertz CT molecular complexity index is 539. The van der Waals surface area contributed by atoms with E-state index in [1.165, 1.54) is 5.41 Å². The van der Waals surface area contributed by atoms with Gasteiger partial charge in [-0.05, 0) is 30.4 Å². The standard InChI is InChI=1S/C15H21NO3S/c17-12-14-8-4-5-9-15(14)16-20(18,19)11-10-13-6-2-1-3-7-13/h1-3,6-7,10-11,14-17H,4-5,8-9,12H2/b11-10+. The van der Waals surface area contributed by atoms with Crippen LogP contribution in [0.2, 0.25) is 0 Å². The molecule has 0 bridgehead atoms. The van der Waals surface area contributed by atoms with Gasteiger partial charge in [0.15, 0.2) is 0 Å². The molecule has 1 aliphatic carbocycles. The predicted molar refractivity (Wildman–Crippen MR) is 80.4 cm³/mol.